The summed E-state index contributed by atoms with van der Waals surface area (Å²) in [6.07, 6.45) is 2.88. The molecule has 1 N–H and O–H groups in total. The van der Waals surface area contributed by atoms with Gasteiger partial charge in [0.05, 0.1) is 24.2 Å². The first kappa shape index (κ1) is 21.8. The van der Waals surface area contributed by atoms with Crippen LogP contribution in [0.2, 0.25) is 0 Å². The lowest BCUT2D eigenvalue weighted by atomic mass is 10.1. The summed E-state index contributed by atoms with van der Waals surface area (Å²) in [5.74, 6) is 1.21. The van der Waals surface area contributed by atoms with E-state index in [0.717, 1.165) is 50.6 Å². The van der Waals surface area contributed by atoms with E-state index in [1.807, 2.05) is 6.07 Å². The Morgan fingerprint density at radius 1 is 0.939 bits per heavy atom. The van der Waals surface area contributed by atoms with Gasteiger partial charge in [-0.1, -0.05) is 0 Å². The van der Waals surface area contributed by atoms with Gasteiger partial charge in [0.25, 0.3) is 0 Å². The van der Waals surface area contributed by atoms with Crippen molar-refractivity contribution < 1.29 is 13.2 Å². The predicted octanol–water partition coefficient (Wildman–Crippen LogP) is 2.81. The van der Waals surface area contributed by atoms with E-state index in [0.29, 0.717) is 17.7 Å². The van der Waals surface area contributed by atoms with Gasteiger partial charge in [-0.05, 0) is 54.6 Å². The van der Waals surface area contributed by atoms with Gasteiger partial charge in [0.2, 0.25) is 0 Å². The highest BCUT2D eigenvalue weighted by molar-refractivity contribution is 7.90. The molecule has 0 spiro atoms. The molecule has 3 aromatic rings. The highest BCUT2D eigenvalue weighted by atomic mass is 32.2. The van der Waals surface area contributed by atoms with Crippen LogP contribution in [0.5, 0.6) is 0 Å². The summed E-state index contributed by atoms with van der Waals surface area (Å²) >= 11 is 0. The number of anilines is 3. The average Bonchev–Trinajstić information content (AvgIpc) is 2.79. The molecule has 33 heavy (non-hydrogen) atoms. The molecule has 0 amide bonds. The van der Waals surface area contributed by atoms with Crippen LogP contribution in [-0.4, -0.2) is 75.0 Å². The fourth-order valence-corrected chi connectivity index (χ4v) is 4.73. The second-order valence-electron chi connectivity index (χ2n) is 8.45. The van der Waals surface area contributed by atoms with E-state index >= 15 is 0 Å². The first-order chi connectivity index (χ1) is 16.0. The molecule has 0 radical (unpaired) electrons. The van der Waals surface area contributed by atoms with Gasteiger partial charge < -0.3 is 15.0 Å². The quantitative estimate of drug-likeness (QED) is 0.595. The van der Waals surface area contributed by atoms with Crippen LogP contribution in [0.1, 0.15) is 0 Å². The zero-order chi connectivity index (χ0) is 22.8. The van der Waals surface area contributed by atoms with Crippen molar-refractivity contribution in [2.75, 3.05) is 55.9 Å². The van der Waals surface area contributed by atoms with Crippen molar-refractivity contribution in [1.29, 1.82) is 0 Å². The fourth-order valence-electron chi connectivity index (χ4n) is 4.10. The highest BCUT2D eigenvalue weighted by Crippen LogP contribution is 2.24. The Kier molecular flexibility index (Phi) is 6.01. The van der Waals surface area contributed by atoms with Crippen molar-refractivity contribution in [3.63, 3.8) is 0 Å². The molecule has 0 atom stereocenters. The molecule has 8 nitrogen and oxygen atoms in total. The lowest BCUT2D eigenvalue weighted by Crippen LogP contribution is -2.56. The lowest BCUT2D eigenvalue weighted by Gasteiger charge is -2.43. The maximum atomic E-state index is 11.7. The molecule has 0 bridgehead atoms. The number of nitrogens with zero attached hydrogens (tertiary/aromatic N) is 4. The Labute approximate surface area is 194 Å². The first-order valence-corrected chi connectivity index (χ1v) is 12.9. The molecular formula is C24H27N5O3S. The van der Waals surface area contributed by atoms with E-state index in [-0.39, 0.29) is 4.90 Å². The van der Waals surface area contributed by atoms with Crippen LogP contribution in [0, 0.1) is 0 Å². The molecule has 1 aromatic heterocycles. The Morgan fingerprint density at radius 3 is 2.24 bits per heavy atom. The highest BCUT2D eigenvalue weighted by Gasteiger charge is 2.28. The number of sulfone groups is 1. The summed E-state index contributed by atoms with van der Waals surface area (Å²) in [5.41, 5.74) is 2.93. The van der Waals surface area contributed by atoms with Gasteiger partial charge in [-0.2, -0.15) is 0 Å². The molecule has 2 fully saturated rings. The summed E-state index contributed by atoms with van der Waals surface area (Å²) in [7, 11) is -3.23. The Hall–Kier alpha value is -3.01. The van der Waals surface area contributed by atoms with Crippen molar-refractivity contribution >= 4 is 27.0 Å². The van der Waals surface area contributed by atoms with Crippen LogP contribution in [0.4, 0.5) is 17.2 Å². The van der Waals surface area contributed by atoms with Gasteiger partial charge >= 0.3 is 0 Å². The van der Waals surface area contributed by atoms with Gasteiger partial charge in [0, 0.05) is 55.6 Å². The summed E-state index contributed by atoms with van der Waals surface area (Å²) < 4.78 is 28.7. The lowest BCUT2D eigenvalue weighted by molar-refractivity contribution is -0.0660. The number of aromatic nitrogens is 2. The van der Waals surface area contributed by atoms with Gasteiger partial charge in [-0.25, -0.2) is 18.4 Å². The molecular weight excluding hydrogens is 438 g/mol. The van der Waals surface area contributed by atoms with Crippen LogP contribution < -0.4 is 10.2 Å². The summed E-state index contributed by atoms with van der Waals surface area (Å²) in [6.45, 7) is 5.94. The number of hydrogen-bond acceptors (Lipinski definition) is 8. The smallest absolute Gasteiger partial charge is 0.175 e. The van der Waals surface area contributed by atoms with Gasteiger partial charge in [-0.15, -0.1) is 0 Å². The van der Waals surface area contributed by atoms with Crippen LogP contribution in [0.25, 0.3) is 11.4 Å². The molecule has 3 heterocycles. The largest absolute Gasteiger partial charge is 0.378 e. The number of hydrogen-bond donors (Lipinski definition) is 1. The van der Waals surface area contributed by atoms with Crippen LogP contribution >= 0.6 is 0 Å². The van der Waals surface area contributed by atoms with E-state index in [4.69, 9.17) is 4.74 Å². The molecule has 5 rings (SSSR count). The van der Waals surface area contributed by atoms with E-state index in [2.05, 4.69) is 49.4 Å². The zero-order valence-electron chi connectivity index (χ0n) is 18.5. The first-order valence-electron chi connectivity index (χ1n) is 11.0. The number of ether oxygens (including phenoxy) is 1. The predicted molar refractivity (Wildman–Crippen MR) is 129 cm³/mol. The van der Waals surface area contributed by atoms with Crippen LogP contribution in [0.3, 0.4) is 0 Å². The number of rotatable bonds is 6. The SMILES string of the molecule is CS(=O)(=O)c1ccc(-c2nccc(Nc3ccc(N4CCN(C5COC5)CC4)cc3)n2)cc1. The van der Waals surface area contributed by atoms with E-state index < -0.39 is 9.84 Å². The average molecular weight is 466 g/mol. The van der Waals surface area contributed by atoms with E-state index in [9.17, 15) is 8.42 Å². The minimum Gasteiger partial charge on any atom is -0.378 e. The summed E-state index contributed by atoms with van der Waals surface area (Å²) in [4.78, 5) is 14.1. The second kappa shape index (κ2) is 9.09. The minimum atomic E-state index is -3.23. The van der Waals surface area contributed by atoms with Crippen molar-refractivity contribution in [3.8, 4) is 11.4 Å². The third kappa shape index (κ3) is 5.00. The molecule has 2 aromatic carbocycles. The number of piperazine rings is 1. The van der Waals surface area contributed by atoms with Crippen LogP contribution in [0.15, 0.2) is 65.7 Å². The van der Waals surface area contributed by atoms with E-state index in [1.54, 1.807) is 30.5 Å². The molecule has 0 aliphatic carbocycles. The van der Waals surface area contributed by atoms with Gasteiger partial charge in [0.1, 0.15) is 5.82 Å². The van der Waals surface area contributed by atoms with Crippen molar-refractivity contribution in [2.24, 2.45) is 0 Å². The zero-order valence-corrected chi connectivity index (χ0v) is 19.3. The Bertz CT molecular complexity index is 1200. The Morgan fingerprint density at radius 2 is 1.64 bits per heavy atom. The van der Waals surface area contributed by atoms with Crippen molar-refractivity contribution in [1.82, 2.24) is 14.9 Å². The minimum absolute atomic E-state index is 0.277. The number of nitrogens with one attached hydrogen (secondary N) is 1. The second-order valence-corrected chi connectivity index (χ2v) is 10.5. The molecule has 9 heteroatoms. The van der Waals surface area contributed by atoms with Gasteiger partial charge in [0.15, 0.2) is 15.7 Å². The third-order valence-corrected chi connectivity index (χ3v) is 7.28. The monoisotopic (exact) mass is 465 g/mol. The molecule has 2 aliphatic heterocycles. The molecule has 0 saturated carbocycles. The van der Waals surface area contributed by atoms with E-state index in [1.165, 1.54) is 11.9 Å². The summed E-state index contributed by atoms with van der Waals surface area (Å²) in [5, 5.41) is 3.33. The summed E-state index contributed by atoms with van der Waals surface area (Å²) in [6, 6.07) is 17.4. The third-order valence-electron chi connectivity index (χ3n) is 6.15. The number of benzene rings is 2. The Balaban J connectivity index is 1.23. The van der Waals surface area contributed by atoms with Gasteiger partial charge in [-0.3, -0.25) is 4.90 Å². The standard InChI is InChI=1S/C24H27N5O3S/c1-33(30,31)22-8-2-18(3-9-22)24-25-11-10-23(27-24)26-19-4-6-20(7-5-19)28-12-14-29(15-13-28)21-16-32-17-21/h2-11,21H,12-17H2,1H3,(H,25,26,27). The normalized spacial score (nSPS) is 17.5. The van der Waals surface area contributed by atoms with Crippen molar-refractivity contribution in [3.05, 3.63) is 60.8 Å². The molecule has 2 saturated heterocycles. The fraction of sp³-hybridized carbons (Fsp3) is 0.333. The van der Waals surface area contributed by atoms with Crippen LogP contribution in [-0.2, 0) is 14.6 Å². The maximum absolute atomic E-state index is 11.7. The molecule has 172 valence electrons. The molecule has 0 unspecified atom stereocenters. The van der Waals surface area contributed by atoms with Crippen molar-refractivity contribution in [2.45, 2.75) is 10.9 Å². The maximum Gasteiger partial charge on any atom is 0.175 e. The molecule has 2 aliphatic rings. The topological polar surface area (TPSA) is 87.7 Å².